The molecule has 0 saturated heterocycles. The van der Waals surface area contributed by atoms with Crippen LogP contribution in [0.15, 0.2) is 45.5 Å². The molecule has 0 aliphatic heterocycles. The van der Waals surface area contributed by atoms with Gasteiger partial charge in [0, 0.05) is 16.7 Å². The van der Waals surface area contributed by atoms with E-state index >= 15 is 0 Å². The van der Waals surface area contributed by atoms with E-state index in [0.717, 1.165) is 8.95 Å². The van der Waals surface area contributed by atoms with Crippen molar-refractivity contribution in [2.45, 2.75) is 0 Å². The van der Waals surface area contributed by atoms with Crippen LogP contribution in [0.5, 0.6) is 11.5 Å². The minimum absolute atomic E-state index is 0.413. The topological polar surface area (TPSA) is 22.1 Å². The van der Waals surface area contributed by atoms with Crippen molar-refractivity contribution >= 4 is 31.9 Å². The Morgan fingerprint density at radius 2 is 1.94 bits per heavy atom. The molecule has 0 saturated carbocycles. The fourth-order valence-corrected chi connectivity index (χ4v) is 2.26. The summed E-state index contributed by atoms with van der Waals surface area (Å²) in [4.78, 5) is 3.45. The molecule has 0 atom stereocenters. The van der Waals surface area contributed by atoms with Crippen molar-refractivity contribution in [1.82, 2.24) is 4.98 Å². The molecule has 1 heterocycles. The van der Waals surface area contributed by atoms with E-state index in [0.29, 0.717) is 11.5 Å². The van der Waals surface area contributed by atoms with E-state index in [2.05, 4.69) is 36.8 Å². The summed E-state index contributed by atoms with van der Waals surface area (Å²) in [6.45, 7) is 0. The number of hydrogen-bond donors (Lipinski definition) is 0. The summed E-state index contributed by atoms with van der Waals surface area (Å²) in [5, 5.41) is 0. The number of nitrogens with zero attached hydrogens (tertiary/aromatic N) is 1. The molecule has 0 bridgehead atoms. The highest BCUT2D eigenvalue weighted by Crippen LogP contribution is 2.31. The zero-order valence-electron chi connectivity index (χ0n) is 7.95. The molecule has 0 N–H and O–H groups in total. The van der Waals surface area contributed by atoms with Crippen LogP contribution in [0.3, 0.4) is 0 Å². The summed E-state index contributed by atoms with van der Waals surface area (Å²) < 4.78 is 20.0. The Labute approximate surface area is 109 Å². The molecule has 16 heavy (non-hydrogen) atoms. The van der Waals surface area contributed by atoms with Gasteiger partial charge in [0.1, 0.15) is 11.5 Å². The lowest BCUT2D eigenvalue weighted by Gasteiger charge is -2.07. The van der Waals surface area contributed by atoms with Gasteiger partial charge < -0.3 is 4.74 Å². The van der Waals surface area contributed by atoms with Crippen molar-refractivity contribution in [3.63, 3.8) is 0 Å². The highest BCUT2D eigenvalue weighted by atomic mass is 79.9. The molecule has 0 amide bonds. The molecular weight excluding hydrogens is 341 g/mol. The van der Waals surface area contributed by atoms with Crippen LogP contribution in [-0.4, -0.2) is 4.98 Å². The first-order valence-electron chi connectivity index (χ1n) is 4.39. The summed E-state index contributed by atoms with van der Waals surface area (Å²) in [6.07, 6.45) is 1.36. The van der Waals surface area contributed by atoms with E-state index in [1.807, 2.05) is 12.1 Å². The third kappa shape index (κ3) is 2.80. The number of pyridine rings is 1. The largest absolute Gasteiger partial charge is 0.456 e. The molecule has 1 aromatic carbocycles. The average Bonchev–Trinajstić information content (AvgIpc) is 2.22. The van der Waals surface area contributed by atoms with Crippen LogP contribution in [0.2, 0.25) is 0 Å². The molecule has 0 spiro atoms. The molecule has 0 radical (unpaired) electrons. The number of aromatic nitrogens is 1. The molecule has 82 valence electrons. The Balaban J connectivity index is 2.27. The van der Waals surface area contributed by atoms with Crippen molar-refractivity contribution in [3.05, 3.63) is 51.4 Å². The first-order valence-corrected chi connectivity index (χ1v) is 5.98. The maximum Gasteiger partial charge on any atom is 0.216 e. The normalized spacial score (nSPS) is 10.2. The Kier molecular flexibility index (Phi) is 3.56. The zero-order valence-corrected chi connectivity index (χ0v) is 11.1. The average molecular weight is 347 g/mol. The molecule has 0 fully saturated rings. The van der Waals surface area contributed by atoms with Crippen molar-refractivity contribution < 1.29 is 9.13 Å². The maximum absolute atomic E-state index is 12.8. The molecule has 2 rings (SSSR count). The van der Waals surface area contributed by atoms with Crippen molar-refractivity contribution in [1.29, 1.82) is 0 Å². The summed E-state index contributed by atoms with van der Waals surface area (Å²) in [5.41, 5.74) is 0. The van der Waals surface area contributed by atoms with Gasteiger partial charge in [-0.15, -0.1) is 0 Å². The predicted octanol–water partition coefficient (Wildman–Crippen LogP) is 4.54. The standard InChI is InChI=1S/C11H6Br2FNO/c12-7-1-2-10(9(13)5-7)16-8-3-4-15-11(14)6-8/h1-6H. The van der Waals surface area contributed by atoms with Crippen LogP contribution >= 0.6 is 31.9 Å². The van der Waals surface area contributed by atoms with Crippen LogP contribution in [0.4, 0.5) is 4.39 Å². The van der Waals surface area contributed by atoms with E-state index in [-0.39, 0.29) is 0 Å². The Bertz CT molecular complexity index is 519. The van der Waals surface area contributed by atoms with Gasteiger partial charge in [-0.2, -0.15) is 4.39 Å². The summed E-state index contributed by atoms with van der Waals surface area (Å²) in [7, 11) is 0. The molecule has 0 unspecified atom stereocenters. The third-order valence-electron chi connectivity index (χ3n) is 1.82. The Hall–Kier alpha value is -0.940. The van der Waals surface area contributed by atoms with E-state index in [4.69, 9.17) is 4.74 Å². The third-order valence-corrected chi connectivity index (χ3v) is 2.93. The molecular formula is C11H6Br2FNO. The lowest BCUT2D eigenvalue weighted by Crippen LogP contribution is -1.88. The predicted molar refractivity (Wildman–Crippen MR) is 66.1 cm³/mol. The summed E-state index contributed by atoms with van der Waals surface area (Å²) in [5.74, 6) is 0.468. The fraction of sp³-hybridized carbons (Fsp3) is 0. The van der Waals surface area contributed by atoms with E-state index in [1.54, 1.807) is 12.1 Å². The van der Waals surface area contributed by atoms with E-state index in [1.165, 1.54) is 12.3 Å². The smallest absolute Gasteiger partial charge is 0.216 e. The zero-order chi connectivity index (χ0) is 11.5. The van der Waals surface area contributed by atoms with Gasteiger partial charge in [-0.05, 0) is 40.2 Å². The molecule has 5 heteroatoms. The lowest BCUT2D eigenvalue weighted by atomic mass is 10.3. The van der Waals surface area contributed by atoms with Crippen molar-refractivity contribution in [3.8, 4) is 11.5 Å². The van der Waals surface area contributed by atoms with Crippen LogP contribution < -0.4 is 4.74 Å². The van der Waals surface area contributed by atoms with Gasteiger partial charge >= 0.3 is 0 Å². The SMILES string of the molecule is Fc1cc(Oc2ccc(Br)cc2Br)ccn1. The second-order valence-corrected chi connectivity index (χ2v) is 4.76. The summed E-state index contributed by atoms with van der Waals surface area (Å²) in [6, 6.07) is 8.31. The second-order valence-electron chi connectivity index (χ2n) is 2.99. The fourth-order valence-electron chi connectivity index (χ4n) is 1.13. The Morgan fingerprint density at radius 3 is 2.62 bits per heavy atom. The van der Waals surface area contributed by atoms with Crippen LogP contribution in [0, 0.1) is 5.95 Å². The summed E-state index contributed by atoms with van der Waals surface area (Å²) >= 11 is 6.70. The van der Waals surface area contributed by atoms with Crippen LogP contribution in [0.25, 0.3) is 0 Å². The number of benzene rings is 1. The number of rotatable bonds is 2. The van der Waals surface area contributed by atoms with Crippen molar-refractivity contribution in [2.24, 2.45) is 0 Å². The molecule has 2 nitrogen and oxygen atoms in total. The van der Waals surface area contributed by atoms with Gasteiger partial charge in [0.05, 0.1) is 4.47 Å². The highest BCUT2D eigenvalue weighted by molar-refractivity contribution is 9.11. The minimum atomic E-state index is -0.564. The van der Waals surface area contributed by atoms with Gasteiger partial charge in [-0.3, -0.25) is 0 Å². The van der Waals surface area contributed by atoms with Gasteiger partial charge in [0.15, 0.2) is 0 Å². The number of hydrogen-bond acceptors (Lipinski definition) is 2. The van der Waals surface area contributed by atoms with Gasteiger partial charge in [0.2, 0.25) is 5.95 Å². The number of ether oxygens (including phenoxy) is 1. The van der Waals surface area contributed by atoms with E-state index < -0.39 is 5.95 Å². The van der Waals surface area contributed by atoms with Crippen molar-refractivity contribution in [2.75, 3.05) is 0 Å². The molecule has 2 aromatic rings. The molecule has 1 aromatic heterocycles. The monoisotopic (exact) mass is 345 g/mol. The minimum Gasteiger partial charge on any atom is -0.456 e. The molecule has 0 aliphatic rings. The van der Waals surface area contributed by atoms with Crippen LogP contribution in [0.1, 0.15) is 0 Å². The number of halogens is 3. The first-order chi connectivity index (χ1) is 7.65. The van der Waals surface area contributed by atoms with Gasteiger partial charge in [-0.25, -0.2) is 4.98 Å². The maximum atomic E-state index is 12.8. The quantitative estimate of drug-likeness (QED) is 0.745. The second kappa shape index (κ2) is 4.93. The Morgan fingerprint density at radius 1 is 1.12 bits per heavy atom. The van der Waals surface area contributed by atoms with Gasteiger partial charge in [0.25, 0.3) is 0 Å². The van der Waals surface area contributed by atoms with Gasteiger partial charge in [-0.1, -0.05) is 15.9 Å². The van der Waals surface area contributed by atoms with E-state index in [9.17, 15) is 4.39 Å². The highest BCUT2D eigenvalue weighted by Gasteiger charge is 2.04. The van der Waals surface area contributed by atoms with Crippen LogP contribution in [-0.2, 0) is 0 Å². The molecule has 0 aliphatic carbocycles. The lowest BCUT2D eigenvalue weighted by molar-refractivity contribution is 0.469. The first kappa shape index (κ1) is 11.5.